The first kappa shape index (κ1) is 14.7. The summed E-state index contributed by atoms with van der Waals surface area (Å²) in [4.78, 5) is 4.84. The van der Waals surface area contributed by atoms with Gasteiger partial charge in [-0.3, -0.25) is 4.90 Å². The van der Waals surface area contributed by atoms with Crippen molar-refractivity contribution in [1.82, 2.24) is 4.90 Å². The van der Waals surface area contributed by atoms with E-state index in [1.165, 1.54) is 15.6 Å². The summed E-state index contributed by atoms with van der Waals surface area (Å²) >= 11 is 1.83. The van der Waals surface area contributed by atoms with Crippen LogP contribution < -0.4 is 4.90 Å². The zero-order chi connectivity index (χ0) is 15.6. The Balaban J connectivity index is 1.41. The van der Waals surface area contributed by atoms with Gasteiger partial charge in [-0.2, -0.15) is 0 Å². The first-order chi connectivity index (χ1) is 11.3. The molecule has 1 saturated heterocycles. The Hall–Kier alpha value is -1.91. The average molecular weight is 326 g/mol. The Morgan fingerprint density at radius 2 is 1.65 bits per heavy atom. The highest BCUT2D eigenvalue weighted by atomic mass is 32.1. The molecule has 4 heteroatoms. The lowest BCUT2D eigenvalue weighted by atomic mass is 10.1. The molecule has 0 unspecified atom stereocenters. The third-order valence-electron chi connectivity index (χ3n) is 4.52. The molecule has 0 spiro atoms. The van der Waals surface area contributed by atoms with E-state index >= 15 is 0 Å². The molecule has 0 atom stereocenters. The van der Waals surface area contributed by atoms with Gasteiger partial charge in [-0.05, 0) is 46.7 Å². The normalized spacial score (nSPS) is 16.1. The van der Waals surface area contributed by atoms with Crippen molar-refractivity contribution < 1.29 is 4.39 Å². The Labute approximate surface area is 139 Å². The molecule has 0 N–H and O–H groups in total. The summed E-state index contributed by atoms with van der Waals surface area (Å²) in [6, 6.07) is 15.5. The van der Waals surface area contributed by atoms with Gasteiger partial charge < -0.3 is 4.90 Å². The summed E-state index contributed by atoms with van der Waals surface area (Å²) in [7, 11) is 0. The highest BCUT2D eigenvalue weighted by molar-refractivity contribution is 7.17. The van der Waals surface area contributed by atoms with Crippen LogP contribution in [0.15, 0.2) is 53.9 Å². The second-order valence-corrected chi connectivity index (χ2v) is 6.91. The summed E-state index contributed by atoms with van der Waals surface area (Å²) in [5, 5.41) is 3.68. The van der Waals surface area contributed by atoms with Gasteiger partial charge in [-0.1, -0.05) is 18.2 Å². The van der Waals surface area contributed by atoms with Crippen molar-refractivity contribution >= 4 is 27.1 Å². The van der Waals surface area contributed by atoms with Crippen LogP contribution >= 0.6 is 11.3 Å². The minimum atomic E-state index is -0.170. The van der Waals surface area contributed by atoms with Crippen molar-refractivity contribution in [3.8, 4) is 0 Å². The molecule has 1 fully saturated rings. The van der Waals surface area contributed by atoms with Crippen LogP contribution in [0.4, 0.5) is 10.1 Å². The molecule has 1 aliphatic heterocycles. The van der Waals surface area contributed by atoms with Crippen LogP contribution in [-0.4, -0.2) is 31.1 Å². The number of halogens is 1. The van der Waals surface area contributed by atoms with E-state index in [9.17, 15) is 4.39 Å². The maximum Gasteiger partial charge on any atom is 0.123 e. The van der Waals surface area contributed by atoms with Gasteiger partial charge in [0.1, 0.15) is 5.82 Å². The van der Waals surface area contributed by atoms with Crippen LogP contribution in [0.5, 0.6) is 0 Å². The molecule has 3 aromatic rings. The lowest BCUT2D eigenvalue weighted by Crippen LogP contribution is -2.45. The van der Waals surface area contributed by atoms with Gasteiger partial charge in [0.2, 0.25) is 0 Å². The van der Waals surface area contributed by atoms with E-state index < -0.39 is 0 Å². The van der Waals surface area contributed by atoms with Gasteiger partial charge in [-0.15, -0.1) is 11.3 Å². The van der Waals surface area contributed by atoms with Gasteiger partial charge in [0.25, 0.3) is 0 Å². The van der Waals surface area contributed by atoms with Crippen molar-refractivity contribution in [2.75, 3.05) is 31.1 Å². The van der Waals surface area contributed by atoms with E-state index in [0.29, 0.717) is 0 Å². The Kier molecular flexibility index (Phi) is 4.02. The molecule has 0 bridgehead atoms. The number of anilines is 1. The SMILES string of the molecule is Fc1ccc(N2CCN(Cc3csc4ccccc34)CC2)cc1. The maximum absolute atomic E-state index is 13.0. The monoisotopic (exact) mass is 326 g/mol. The topological polar surface area (TPSA) is 6.48 Å². The number of piperazine rings is 1. The van der Waals surface area contributed by atoms with Crippen LogP contribution in [0.25, 0.3) is 10.1 Å². The summed E-state index contributed by atoms with van der Waals surface area (Å²) in [6.45, 7) is 5.09. The molecular formula is C19H19FN2S. The van der Waals surface area contributed by atoms with Crippen molar-refractivity contribution in [3.05, 3.63) is 65.3 Å². The Morgan fingerprint density at radius 3 is 2.43 bits per heavy atom. The fourth-order valence-corrected chi connectivity index (χ4v) is 4.17. The molecule has 0 aliphatic carbocycles. The predicted molar refractivity (Wildman–Crippen MR) is 95.7 cm³/mol. The number of thiophene rings is 1. The average Bonchev–Trinajstić information content (AvgIpc) is 3.00. The first-order valence-corrected chi connectivity index (χ1v) is 8.85. The molecule has 2 heterocycles. The van der Waals surface area contributed by atoms with Crippen LogP contribution in [0, 0.1) is 5.82 Å². The van der Waals surface area contributed by atoms with Gasteiger partial charge >= 0.3 is 0 Å². The minimum absolute atomic E-state index is 0.170. The minimum Gasteiger partial charge on any atom is -0.369 e. The predicted octanol–water partition coefficient (Wildman–Crippen LogP) is 4.36. The van der Waals surface area contributed by atoms with E-state index in [1.807, 2.05) is 23.5 Å². The van der Waals surface area contributed by atoms with Gasteiger partial charge in [0.15, 0.2) is 0 Å². The van der Waals surface area contributed by atoms with Crippen LogP contribution in [0.2, 0.25) is 0 Å². The molecule has 1 aliphatic rings. The van der Waals surface area contributed by atoms with E-state index in [4.69, 9.17) is 0 Å². The van der Waals surface area contributed by atoms with E-state index in [1.54, 1.807) is 12.1 Å². The third-order valence-corrected chi connectivity index (χ3v) is 5.53. The number of nitrogens with zero attached hydrogens (tertiary/aromatic N) is 2. The highest BCUT2D eigenvalue weighted by Crippen LogP contribution is 2.27. The zero-order valence-corrected chi connectivity index (χ0v) is 13.7. The second kappa shape index (κ2) is 6.30. The van der Waals surface area contributed by atoms with Crippen LogP contribution in [0.1, 0.15) is 5.56 Å². The van der Waals surface area contributed by atoms with E-state index in [0.717, 1.165) is 38.4 Å². The zero-order valence-electron chi connectivity index (χ0n) is 12.9. The summed E-state index contributed by atoms with van der Waals surface area (Å²) in [5.41, 5.74) is 2.55. The van der Waals surface area contributed by atoms with Crippen LogP contribution in [-0.2, 0) is 6.54 Å². The van der Waals surface area contributed by atoms with Gasteiger partial charge in [0.05, 0.1) is 0 Å². The smallest absolute Gasteiger partial charge is 0.123 e. The molecule has 1 aromatic heterocycles. The van der Waals surface area contributed by atoms with Gasteiger partial charge in [0, 0.05) is 43.1 Å². The van der Waals surface area contributed by atoms with E-state index in [2.05, 4.69) is 39.4 Å². The number of hydrogen-bond acceptors (Lipinski definition) is 3. The number of fused-ring (bicyclic) bond motifs is 1. The highest BCUT2D eigenvalue weighted by Gasteiger charge is 2.18. The fraction of sp³-hybridized carbons (Fsp3) is 0.263. The van der Waals surface area contributed by atoms with Crippen molar-refractivity contribution in [2.45, 2.75) is 6.54 Å². The van der Waals surface area contributed by atoms with Crippen molar-refractivity contribution in [1.29, 1.82) is 0 Å². The molecule has 4 rings (SSSR count). The Bertz CT molecular complexity index is 788. The molecule has 0 radical (unpaired) electrons. The molecule has 23 heavy (non-hydrogen) atoms. The Morgan fingerprint density at radius 1 is 0.913 bits per heavy atom. The number of rotatable bonds is 3. The molecular weight excluding hydrogens is 307 g/mol. The second-order valence-electron chi connectivity index (χ2n) is 6.00. The largest absolute Gasteiger partial charge is 0.369 e. The van der Waals surface area contributed by atoms with Crippen LogP contribution in [0.3, 0.4) is 0 Å². The fourth-order valence-electron chi connectivity index (χ4n) is 3.21. The van der Waals surface area contributed by atoms with Gasteiger partial charge in [-0.25, -0.2) is 4.39 Å². The first-order valence-electron chi connectivity index (χ1n) is 7.97. The lowest BCUT2D eigenvalue weighted by molar-refractivity contribution is 0.251. The molecule has 0 amide bonds. The standard InChI is InChI=1S/C19H19FN2S/c20-16-5-7-17(8-6-16)22-11-9-21(10-12-22)13-15-14-23-19-4-2-1-3-18(15)19/h1-8,14H,9-13H2. The number of benzene rings is 2. The van der Waals surface area contributed by atoms with Crippen molar-refractivity contribution in [2.24, 2.45) is 0 Å². The van der Waals surface area contributed by atoms with Crippen molar-refractivity contribution in [3.63, 3.8) is 0 Å². The quantitative estimate of drug-likeness (QED) is 0.705. The summed E-state index contributed by atoms with van der Waals surface area (Å²) < 4.78 is 14.4. The molecule has 0 saturated carbocycles. The molecule has 118 valence electrons. The lowest BCUT2D eigenvalue weighted by Gasteiger charge is -2.36. The summed E-state index contributed by atoms with van der Waals surface area (Å²) in [5.74, 6) is -0.170. The maximum atomic E-state index is 13.0. The molecule has 2 nitrogen and oxygen atoms in total. The summed E-state index contributed by atoms with van der Waals surface area (Å²) in [6.07, 6.45) is 0. The molecule has 2 aromatic carbocycles. The number of hydrogen-bond donors (Lipinski definition) is 0. The third kappa shape index (κ3) is 3.09. The van der Waals surface area contributed by atoms with E-state index in [-0.39, 0.29) is 5.82 Å².